The maximum Gasteiger partial charge on any atom is 0.331 e. The van der Waals surface area contributed by atoms with Gasteiger partial charge in [0.2, 0.25) is 0 Å². The second-order valence-corrected chi connectivity index (χ2v) is 7.29. The number of hydrogen-bond acceptors (Lipinski definition) is 4. The monoisotopic (exact) mass is 370 g/mol. The minimum Gasteiger partial charge on any atom is -0.497 e. The maximum atomic E-state index is 11.8. The molecule has 0 fully saturated rings. The Morgan fingerprint density at radius 1 is 1.30 bits per heavy atom. The van der Waals surface area contributed by atoms with Crippen LogP contribution in [0.1, 0.15) is 46.1 Å². The Morgan fingerprint density at radius 3 is 2.74 bits per heavy atom. The number of hydrogen-bond donors (Lipinski definition) is 0. The maximum absolute atomic E-state index is 11.8. The largest absolute Gasteiger partial charge is 0.497 e. The molecular weight excluding hydrogens is 340 g/mol. The lowest BCUT2D eigenvalue weighted by Gasteiger charge is -2.18. The van der Waals surface area contributed by atoms with Crippen molar-refractivity contribution < 1.29 is 19.0 Å². The molecule has 0 amide bonds. The van der Waals surface area contributed by atoms with E-state index in [9.17, 15) is 4.79 Å². The fourth-order valence-corrected chi connectivity index (χ4v) is 2.95. The van der Waals surface area contributed by atoms with Crippen LogP contribution in [-0.2, 0) is 9.53 Å². The Labute approximate surface area is 162 Å². The van der Waals surface area contributed by atoms with Crippen molar-refractivity contribution in [3.8, 4) is 11.5 Å². The molecule has 1 aliphatic heterocycles. The van der Waals surface area contributed by atoms with Crippen molar-refractivity contribution in [1.82, 2.24) is 0 Å². The van der Waals surface area contributed by atoms with Crippen LogP contribution in [0.15, 0.2) is 48.1 Å². The molecule has 2 rings (SSSR count). The van der Waals surface area contributed by atoms with Gasteiger partial charge in [0.1, 0.15) is 11.5 Å². The molecule has 0 saturated carbocycles. The van der Waals surface area contributed by atoms with Gasteiger partial charge in [-0.05, 0) is 42.7 Å². The molecule has 0 N–H and O–H groups in total. The third kappa shape index (κ3) is 6.02. The Bertz CT molecular complexity index is 754. The van der Waals surface area contributed by atoms with Gasteiger partial charge in [0.05, 0.1) is 20.3 Å². The lowest BCUT2D eigenvalue weighted by molar-refractivity contribution is -0.137. The molecule has 1 heterocycles. The van der Waals surface area contributed by atoms with Crippen LogP contribution in [0, 0.1) is 5.41 Å². The molecule has 1 aromatic carbocycles. The first-order valence-corrected chi connectivity index (χ1v) is 9.48. The highest BCUT2D eigenvalue weighted by Crippen LogP contribution is 2.37. The first-order valence-electron chi connectivity index (χ1n) is 9.48. The van der Waals surface area contributed by atoms with Crippen molar-refractivity contribution in [3.63, 3.8) is 0 Å². The number of ether oxygens (including phenoxy) is 3. The summed E-state index contributed by atoms with van der Waals surface area (Å²) in [6, 6.07) is 5.84. The zero-order chi connectivity index (χ0) is 19.9. The first-order chi connectivity index (χ1) is 12.9. The fraction of sp³-hybridized carbons (Fsp3) is 0.435. The number of fused-ring (bicyclic) bond motifs is 1. The number of rotatable bonds is 7. The zero-order valence-corrected chi connectivity index (χ0v) is 17.0. The number of benzene rings is 1. The van der Waals surface area contributed by atoms with E-state index < -0.39 is 0 Å². The van der Waals surface area contributed by atoms with Crippen molar-refractivity contribution in [2.24, 2.45) is 5.41 Å². The third-order valence-corrected chi connectivity index (χ3v) is 4.25. The summed E-state index contributed by atoms with van der Waals surface area (Å²) in [4.78, 5) is 11.8. The van der Waals surface area contributed by atoms with Gasteiger partial charge in [-0.25, -0.2) is 4.79 Å². The molecule has 0 radical (unpaired) electrons. The summed E-state index contributed by atoms with van der Waals surface area (Å²) < 4.78 is 16.4. The molecule has 1 aromatic rings. The molecular formula is C23H30O4. The predicted molar refractivity (Wildman–Crippen MR) is 109 cm³/mol. The van der Waals surface area contributed by atoms with E-state index >= 15 is 0 Å². The van der Waals surface area contributed by atoms with Gasteiger partial charge in [-0.15, -0.1) is 0 Å². The molecule has 0 atom stereocenters. The standard InChI is InChI=1S/C23H30O4/c1-6-8-17(13-22(24)26-7-2)9-10-18-15-23(3,4)16-27-21-12-11-19(25-5)14-20(18)21/h9-15H,6-8,16H2,1-5H3. The molecule has 0 spiro atoms. The molecule has 0 saturated heterocycles. The van der Waals surface area contributed by atoms with E-state index in [1.807, 2.05) is 31.2 Å². The number of allylic oxidation sites excluding steroid dienone is 4. The summed E-state index contributed by atoms with van der Waals surface area (Å²) in [5, 5.41) is 0. The topological polar surface area (TPSA) is 44.8 Å². The average Bonchev–Trinajstić information content (AvgIpc) is 2.75. The minimum absolute atomic E-state index is 0.109. The highest BCUT2D eigenvalue weighted by molar-refractivity contribution is 5.84. The van der Waals surface area contributed by atoms with E-state index in [0.717, 1.165) is 41.1 Å². The van der Waals surface area contributed by atoms with E-state index in [-0.39, 0.29) is 11.4 Å². The smallest absolute Gasteiger partial charge is 0.331 e. The predicted octanol–water partition coefficient (Wildman–Crippen LogP) is 5.34. The van der Waals surface area contributed by atoms with Gasteiger partial charge in [-0.2, -0.15) is 0 Å². The molecule has 0 aromatic heterocycles. The molecule has 0 aliphatic carbocycles. The SMILES string of the molecule is CCCC(C=CC1=CC(C)(C)COc2ccc(OC)cc21)=CC(=O)OCC. The van der Waals surface area contributed by atoms with Crippen molar-refractivity contribution in [2.45, 2.75) is 40.5 Å². The molecule has 0 bridgehead atoms. The molecule has 4 heteroatoms. The second-order valence-electron chi connectivity index (χ2n) is 7.29. The van der Waals surface area contributed by atoms with Gasteiger partial charge in [-0.1, -0.05) is 45.4 Å². The average molecular weight is 370 g/mol. The van der Waals surface area contributed by atoms with E-state index in [2.05, 4.69) is 32.9 Å². The van der Waals surface area contributed by atoms with Crippen LogP contribution < -0.4 is 9.47 Å². The Kier molecular flexibility index (Phi) is 7.28. The number of esters is 1. The van der Waals surface area contributed by atoms with Gasteiger partial charge in [-0.3, -0.25) is 0 Å². The van der Waals surface area contributed by atoms with Crippen LogP contribution in [0.25, 0.3) is 5.57 Å². The second kappa shape index (κ2) is 9.45. The van der Waals surface area contributed by atoms with Crippen LogP contribution in [0.2, 0.25) is 0 Å². The first kappa shape index (κ1) is 20.8. The van der Waals surface area contributed by atoms with Gasteiger partial charge in [0, 0.05) is 17.1 Å². The highest BCUT2D eigenvalue weighted by atomic mass is 16.5. The summed E-state index contributed by atoms with van der Waals surface area (Å²) in [5.74, 6) is 1.32. The molecule has 27 heavy (non-hydrogen) atoms. The Hall–Kier alpha value is -2.49. The quantitative estimate of drug-likeness (QED) is 0.369. The van der Waals surface area contributed by atoms with Gasteiger partial charge < -0.3 is 14.2 Å². The fourth-order valence-electron chi connectivity index (χ4n) is 2.95. The molecule has 0 unspecified atom stereocenters. The van der Waals surface area contributed by atoms with Crippen molar-refractivity contribution in [1.29, 1.82) is 0 Å². The summed E-state index contributed by atoms with van der Waals surface area (Å²) in [7, 11) is 1.66. The van der Waals surface area contributed by atoms with Crippen LogP contribution in [-0.4, -0.2) is 26.3 Å². The molecule has 4 nitrogen and oxygen atoms in total. The van der Waals surface area contributed by atoms with Gasteiger partial charge in [0.25, 0.3) is 0 Å². The van der Waals surface area contributed by atoms with Crippen LogP contribution in [0.3, 0.4) is 0 Å². The molecule has 146 valence electrons. The van der Waals surface area contributed by atoms with Crippen LogP contribution >= 0.6 is 0 Å². The van der Waals surface area contributed by atoms with Crippen molar-refractivity contribution >= 4 is 11.5 Å². The number of carbonyl (C=O) groups excluding carboxylic acids is 1. The highest BCUT2D eigenvalue weighted by Gasteiger charge is 2.23. The van der Waals surface area contributed by atoms with E-state index in [1.54, 1.807) is 13.2 Å². The van der Waals surface area contributed by atoms with Crippen molar-refractivity contribution in [3.05, 3.63) is 53.6 Å². The van der Waals surface area contributed by atoms with Crippen molar-refractivity contribution in [2.75, 3.05) is 20.3 Å². The van der Waals surface area contributed by atoms with Gasteiger partial charge in [0.15, 0.2) is 0 Å². The van der Waals surface area contributed by atoms with Crippen LogP contribution in [0.4, 0.5) is 0 Å². The van der Waals surface area contributed by atoms with Gasteiger partial charge >= 0.3 is 5.97 Å². The lowest BCUT2D eigenvalue weighted by atomic mass is 9.90. The Morgan fingerprint density at radius 2 is 2.07 bits per heavy atom. The summed E-state index contributed by atoms with van der Waals surface area (Å²) in [6.07, 6.45) is 9.60. The lowest BCUT2D eigenvalue weighted by Crippen LogP contribution is -2.17. The van der Waals surface area contributed by atoms with E-state index in [1.165, 1.54) is 0 Å². The summed E-state index contributed by atoms with van der Waals surface area (Å²) in [5.41, 5.74) is 2.88. The number of methoxy groups -OCH3 is 1. The summed E-state index contributed by atoms with van der Waals surface area (Å²) >= 11 is 0. The summed E-state index contributed by atoms with van der Waals surface area (Å²) in [6.45, 7) is 9.17. The minimum atomic E-state index is -0.300. The molecule has 1 aliphatic rings. The number of carbonyl (C=O) groups is 1. The Balaban J connectivity index is 2.42. The normalized spacial score (nSPS) is 16.2. The third-order valence-electron chi connectivity index (χ3n) is 4.25. The zero-order valence-electron chi connectivity index (χ0n) is 17.0. The van der Waals surface area contributed by atoms with E-state index in [0.29, 0.717) is 13.2 Å². The van der Waals surface area contributed by atoms with Crippen LogP contribution in [0.5, 0.6) is 11.5 Å². The van der Waals surface area contributed by atoms with E-state index in [4.69, 9.17) is 14.2 Å².